The number of carboxylic acids is 1. The van der Waals surface area contributed by atoms with Crippen LogP contribution < -0.4 is 5.32 Å². The average Bonchev–Trinajstić information content (AvgIpc) is 3.24. The molecule has 0 spiro atoms. The van der Waals surface area contributed by atoms with Gasteiger partial charge in [-0.1, -0.05) is 12.1 Å². The summed E-state index contributed by atoms with van der Waals surface area (Å²) >= 11 is 0. The van der Waals surface area contributed by atoms with Gasteiger partial charge in [-0.05, 0) is 36.8 Å². The minimum atomic E-state index is -1.18. The number of carbonyl (C=O) groups excluding carboxylic acids is 1. The van der Waals surface area contributed by atoms with Crippen LogP contribution in [0, 0.1) is 0 Å². The third kappa shape index (κ3) is 3.30. The summed E-state index contributed by atoms with van der Waals surface area (Å²) in [5.41, 5.74) is 1.81. The monoisotopic (exact) mass is 338 g/mol. The molecule has 2 heterocycles. The smallest absolute Gasteiger partial charge is 0.339 e. The van der Waals surface area contributed by atoms with E-state index in [0.29, 0.717) is 0 Å². The molecular weight excluding hydrogens is 320 g/mol. The first-order valence-electron chi connectivity index (χ1n) is 7.77. The second kappa shape index (κ2) is 6.64. The first-order chi connectivity index (χ1) is 12.0. The number of hydrogen-bond acceptors (Lipinski definition) is 3. The molecule has 3 rings (SSSR count). The van der Waals surface area contributed by atoms with Gasteiger partial charge in [0.05, 0.1) is 12.2 Å². The van der Waals surface area contributed by atoms with Crippen molar-refractivity contribution in [3.8, 4) is 5.69 Å². The minimum absolute atomic E-state index is 0.0286. The highest BCUT2D eigenvalue weighted by atomic mass is 16.4. The molecule has 0 radical (unpaired) electrons. The van der Waals surface area contributed by atoms with E-state index in [0.717, 1.165) is 11.3 Å². The van der Waals surface area contributed by atoms with E-state index in [1.807, 2.05) is 60.3 Å². The van der Waals surface area contributed by atoms with Gasteiger partial charge in [0.25, 0.3) is 5.91 Å². The van der Waals surface area contributed by atoms with Crippen molar-refractivity contribution in [3.63, 3.8) is 0 Å². The second-order valence-corrected chi connectivity index (χ2v) is 5.72. The van der Waals surface area contributed by atoms with E-state index >= 15 is 0 Å². The Morgan fingerprint density at radius 3 is 2.60 bits per heavy atom. The molecule has 1 atom stereocenters. The highest BCUT2D eigenvalue weighted by molar-refractivity contribution is 6.03. The molecule has 2 aromatic heterocycles. The average molecular weight is 338 g/mol. The second-order valence-electron chi connectivity index (χ2n) is 5.72. The topological polar surface area (TPSA) is 89.2 Å². The highest BCUT2D eigenvalue weighted by Gasteiger charge is 2.23. The molecule has 0 aliphatic carbocycles. The van der Waals surface area contributed by atoms with Gasteiger partial charge in [-0.25, -0.2) is 4.79 Å². The molecule has 0 aliphatic heterocycles. The normalized spacial score (nSPS) is 11.9. The van der Waals surface area contributed by atoms with E-state index in [4.69, 9.17) is 0 Å². The van der Waals surface area contributed by atoms with E-state index in [1.165, 1.54) is 10.9 Å². The molecule has 0 fully saturated rings. The lowest BCUT2D eigenvalue weighted by molar-refractivity contribution is 0.0690. The quantitative estimate of drug-likeness (QED) is 0.747. The Balaban J connectivity index is 1.82. The van der Waals surface area contributed by atoms with Gasteiger partial charge in [-0.2, -0.15) is 5.10 Å². The SMILES string of the molecule is C[C@@H](NC(=O)c1c(C(=O)O)cnn1C)c1cccc(-n2cccc2)c1. The van der Waals surface area contributed by atoms with E-state index in [-0.39, 0.29) is 17.3 Å². The van der Waals surface area contributed by atoms with Gasteiger partial charge in [-0.15, -0.1) is 0 Å². The van der Waals surface area contributed by atoms with Gasteiger partial charge >= 0.3 is 5.97 Å². The summed E-state index contributed by atoms with van der Waals surface area (Å²) in [6, 6.07) is 11.4. The molecule has 25 heavy (non-hydrogen) atoms. The predicted octanol–water partition coefficient (Wildman–Crippen LogP) is 2.40. The van der Waals surface area contributed by atoms with Crippen LogP contribution in [-0.2, 0) is 7.05 Å². The number of nitrogens with one attached hydrogen (secondary N) is 1. The number of rotatable bonds is 5. The van der Waals surface area contributed by atoms with Crippen molar-refractivity contribution < 1.29 is 14.7 Å². The molecule has 0 bridgehead atoms. The van der Waals surface area contributed by atoms with Crippen molar-refractivity contribution >= 4 is 11.9 Å². The number of carboxylic acid groups (broad SMARTS) is 1. The standard InChI is InChI=1S/C18H18N4O3/c1-12(13-6-5-7-14(10-13)22-8-3-4-9-22)20-17(23)16-15(18(24)25)11-19-21(16)2/h3-12H,1-2H3,(H,20,23)(H,24,25)/t12-/m1/s1. The molecule has 2 N–H and O–H groups in total. The summed E-state index contributed by atoms with van der Waals surface area (Å²) in [4.78, 5) is 23.7. The molecular formula is C18H18N4O3. The molecule has 3 aromatic rings. The Hall–Kier alpha value is -3.35. The van der Waals surface area contributed by atoms with E-state index in [1.54, 1.807) is 7.05 Å². The number of hydrogen-bond donors (Lipinski definition) is 2. The zero-order chi connectivity index (χ0) is 18.0. The molecule has 0 saturated heterocycles. The minimum Gasteiger partial charge on any atom is -0.478 e. The van der Waals surface area contributed by atoms with Gasteiger partial charge in [-0.3, -0.25) is 9.48 Å². The van der Waals surface area contributed by atoms with Crippen LogP contribution in [0.4, 0.5) is 0 Å². The fraction of sp³-hybridized carbons (Fsp3) is 0.167. The van der Waals surface area contributed by atoms with Crippen LogP contribution in [0.3, 0.4) is 0 Å². The summed E-state index contributed by atoms with van der Waals surface area (Å²) in [5.74, 6) is -1.66. The van der Waals surface area contributed by atoms with Crippen molar-refractivity contribution in [1.82, 2.24) is 19.7 Å². The summed E-state index contributed by atoms with van der Waals surface area (Å²) in [6.45, 7) is 1.85. The summed E-state index contributed by atoms with van der Waals surface area (Å²) in [5, 5.41) is 15.9. The number of benzene rings is 1. The molecule has 0 aliphatic rings. The van der Waals surface area contributed by atoms with Crippen LogP contribution in [0.1, 0.15) is 39.4 Å². The Kier molecular flexibility index (Phi) is 4.38. The van der Waals surface area contributed by atoms with Gasteiger partial charge in [0, 0.05) is 25.1 Å². The van der Waals surface area contributed by atoms with E-state index in [9.17, 15) is 14.7 Å². The van der Waals surface area contributed by atoms with E-state index < -0.39 is 11.9 Å². The van der Waals surface area contributed by atoms with E-state index in [2.05, 4.69) is 10.4 Å². The van der Waals surface area contributed by atoms with Gasteiger partial charge < -0.3 is 15.0 Å². The number of amides is 1. The third-order valence-electron chi connectivity index (χ3n) is 4.00. The van der Waals surface area contributed by atoms with Crippen molar-refractivity contribution in [2.45, 2.75) is 13.0 Å². The Labute approximate surface area is 144 Å². The van der Waals surface area contributed by atoms with Crippen LogP contribution in [0.5, 0.6) is 0 Å². The highest BCUT2D eigenvalue weighted by Crippen LogP contribution is 2.18. The Morgan fingerprint density at radius 2 is 1.92 bits per heavy atom. The summed E-state index contributed by atoms with van der Waals surface area (Å²) in [7, 11) is 1.54. The summed E-state index contributed by atoms with van der Waals surface area (Å²) in [6.07, 6.45) is 5.06. The fourth-order valence-corrected chi connectivity index (χ4v) is 2.67. The zero-order valence-electron chi connectivity index (χ0n) is 13.9. The number of aryl methyl sites for hydroxylation is 1. The molecule has 1 aromatic carbocycles. The first kappa shape index (κ1) is 16.5. The largest absolute Gasteiger partial charge is 0.478 e. The molecule has 0 unspecified atom stereocenters. The number of aromatic carboxylic acids is 1. The molecule has 7 nitrogen and oxygen atoms in total. The maximum absolute atomic E-state index is 12.5. The van der Waals surface area contributed by atoms with Crippen LogP contribution >= 0.6 is 0 Å². The van der Waals surface area contributed by atoms with Crippen molar-refractivity contribution in [2.24, 2.45) is 7.05 Å². The maximum Gasteiger partial charge on any atom is 0.339 e. The predicted molar refractivity (Wildman–Crippen MR) is 91.8 cm³/mol. The van der Waals surface area contributed by atoms with Gasteiger partial charge in [0.1, 0.15) is 11.3 Å². The lowest BCUT2D eigenvalue weighted by Crippen LogP contribution is -2.30. The lowest BCUT2D eigenvalue weighted by Gasteiger charge is -2.16. The molecule has 128 valence electrons. The van der Waals surface area contributed by atoms with Gasteiger partial charge in [0.2, 0.25) is 0 Å². The van der Waals surface area contributed by atoms with Crippen molar-refractivity contribution in [3.05, 3.63) is 71.8 Å². The van der Waals surface area contributed by atoms with Gasteiger partial charge in [0.15, 0.2) is 0 Å². The number of carbonyl (C=O) groups is 2. The summed E-state index contributed by atoms with van der Waals surface area (Å²) < 4.78 is 3.24. The Bertz CT molecular complexity index is 912. The molecule has 0 saturated carbocycles. The zero-order valence-corrected chi connectivity index (χ0v) is 13.9. The number of aromatic nitrogens is 3. The maximum atomic E-state index is 12.5. The van der Waals surface area contributed by atoms with Crippen LogP contribution in [0.15, 0.2) is 55.0 Å². The number of nitrogens with zero attached hydrogens (tertiary/aromatic N) is 3. The fourth-order valence-electron chi connectivity index (χ4n) is 2.67. The molecule has 1 amide bonds. The van der Waals surface area contributed by atoms with Crippen molar-refractivity contribution in [1.29, 1.82) is 0 Å². The van der Waals surface area contributed by atoms with Crippen LogP contribution in [-0.4, -0.2) is 31.3 Å². The molecule has 7 heteroatoms. The Morgan fingerprint density at radius 1 is 1.20 bits per heavy atom. The lowest BCUT2D eigenvalue weighted by atomic mass is 10.1. The first-order valence-corrected chi connectivity index (χ1v) is 7.77. The van der Waals surface area contributed by atoms with Crippen molar-refractivity contribution in [2.75, 3.05) is 0 Å². The third-order valence-corrected chi connectivity index (χ3v) is 4.00. The van der Waals surface area contributed by atoms with Crippen LogP contribution in [0.2, 0.25) is 0 Å². The van der Waals surface area contributed by atoms with Crippen LogP contribution in [0.25, 0.3) is 5.69 Å².